The molecule has 25 N–H and O–H groups in total. The van der Waals surface area contributed by atoms with Gasteiger partial charge in [0.15, 0.2) is 23.8 Å². The number of amides is 6. The average molecular weight is 974 g/mol. The normalized spacial score (nSPS) is 13.9. The molecule has 69 heavy (non-hydrogen) atoms. The number of benzene rings is 1. The van der Waals surface area contributed by atoms with Crippen LogP contribution in [-0.2, 0) is 35.2 Å². The molecule has 7 atom stereocenters. The van der Waals surface area contributed by atoms with Gasteiger partial charge in [0.05, 0.1) is 18.7 Å². The van der Waals surface area contributed by atoms with Crippen molar-refractivity contribution in [1.82, 2.24) is 31.9 Å². The molecule has 1 aromatic carbocycles. The van der Waals surface area contributed by atoms with Crippen molar-refractivity contribution in [2.24, 2.45) is 77.5 Å². The highest BCUT2D eigenvalue weighted by Gasteiger charge is 2.33. The fourth-order valence-electron chi connectivity index (χ4n) is 6.71. The van der Waals surface area contributed by atoms with Crippen LogP contribution >= 0.6 is 0 Å². The van der Waals surface area contributed by atoms with Crippen LogP contribution in [0.25, 0.3) is 0 Å². The highest BCUT2D eigenvalue weighted by atomic mass is 16.3. The molecule has 0 spiro atoms. The van der Waals surface area contributed by atoms with Crippen LogP contribution in [0, 0.1) is 5.92 Å². The number of nitrogens with two attached hydrogens (primary N) is 9. The van der Waals surface area contributed by atoms with Gasteiger partial charge in [-0.2, -0.15) is 0 Å². The second-order valence-corrected chi connectivity index (χ2v) is 16.8. The van der Waals surface area contributed by atoms with Crippen molar-refractivity contribution in [2.75, 3.05) is 32.8 Å². The third-order valence-corrected chi connectivity index (χ3v) is 10.4. The summed E-state index contributed by atoms with van der Waals surface area (Å²) in [6.07, 6.45) is 1.59. The molecule has 26 nitrogen and oxygen atoms in total. The van der Waals surface area contributed by atoms with Gasteiger partial charge in [-0.1, -0.05) is 51.1 Å². The molecule has 0 saturated carbocycles. The average Bonchev–Trinajstić information content (AvgIpc) is 3.28. The third-order valence-electron chi connectivity index (χ3n) is 10.4. The van der Waals surface area contributed by atoms with Gasteiger partial charge >= 0.3 is 0 Å². The van der Waals surface area contributed by atoms with Crippen molar-refractivity contribution >= 4 is 59.3 Å². The highest BCUT2D eigenvalue weighted by Crippen LogP contribution is 2.11. The monoisotopic (exact) mass is 974 g/mol. The molecule has 0 bridgehead atoms. The van der Waals surface area contributed by atoms with E-state index < -0.39 is 77.7 Å². The number of nitrogens with one attached hydrogen (secondary N) is 6. The number of hydrogen-bond donors (Lipinski definition) is 16. The van der Waals surface area contributed by atoms with E-state index in [4.69, 9.17) is 51.6 Å². The van der Waals surface area contributed by atoms with Crippen LogP contribution in [0.1, 0.15) is 90.5 Å². The minimum absolute atomic E-state index is 0.0164. The summed E-state index contributed by atoms with van der Waals surface area (Å²) in [5, 5.41) is 26.1. The topological polar surface area (TPSA) is 478 Å². The summed E-state index contributed by atoms with van der Waals surface area (Å²) in [4.78, 5) is 99.5. The Morgan fingerprint density at radius 1 is 0.507 bits per heavy atom. The van der Waals surface area contributed by atoms with Crippen LogP contribution in [0.3, 0.4) is 0 Å². The first-order chi connectivity index (χ1) is 32.7. The Morgan fingerprint density at radius 2 is 0.826 bits per heavy atom. The minimum atomic E-state index is -1.35. The van der Waals surface area contributed by atoms with Gasteiger partial charge in [0.25, 0.3) is 0 Å². The fourth-order valence-corrected chi connectivity index (χ4v) is 6.71. The Balaban J connectivity index is 3.65. The minimum Gasteiger partial charge on any atom is -0.394 e. The number of nitrogens with zero attached hydrogens (tertiary/aromatic N) is 4. The van der Waals surface area contributed by atoms with Gasteiger partial charge in [-0.25, -0.2) is 0 Å². The Morgan fingerprint density at radius 3 is 1.13 bits per heavy atom. The molecule has 0 aromatic heterocycles. The Hall–Kier alpha value is -6.96. The van der Waals surface area contributed by atoms with Crippen molar-refractivity contribution < 1.29 is 33.9 Å². The zero-order valence-electron chi connectivity index (χ0n) is 40.2. The molecule has 0 aliphatic carbocycles. The SMILES string of the molecule is CC[C@H](CO)NC(=O)[C@H](Cc1ccccc1)NC(=O)[C@H](CCCN=C(N)N)NC(=O)[C@H](CCCN=C(N)N)NC(=O)[C@H](CCCN=C(N)N)NC(=O)[C@H](CCCN=C(N)N)NC(=O)[C@@H](N)CC(C)C. The lowest BCUT2D eigenvalue weighted by Crippen LogP contribution is -2.60. The highest BCUT2D eigenvalue weighted by molar-refractivity contribution is 5.96. The summed E-state index contributed by atoms with van der Waals surface area (Å²) >= 11 is 0. The number of guanidine groups is 4. The first-order valence-electron chi connectivity index (χ1n) is 23.1. The zero-order valence-corrected chi connectivity index (χ0v) is 40.2. The predicted molar refractivity (Wildman–Crippen MR) is 266 cm³/mol. The largest absolute Gasteiger partial charge is 0.394 e. The van der Waals surface area contributed by atoms with E-state index in [1.54, 1.807) is 37.3 Å². The molecule has 0 radical (unpaired) electrons. The maximum atomic E-state index is 14.4. The van der Waals surface area contributed by atoms with Gasteiger partial charge in [0.2, 0.25) is 35.4 Å². The maximum absolute atomic E-state index is 14.4. The van der Waals surface area contributed by atoms with Gasteiger partial charge in [-0.3, -0.25) is 48.7 Å². The van der Waals surface area contributed by atoms with Gasteiger partial charge in [0, 0.05) is 32.6 Å². The number of aliphatic hydroxyl groups excluding tert-OH is 1. The Bertz CT molecular complexity index is 1860. The van der Waals surface area contributed by atoms with Crippen molar-refractivity contribution in [3.8, 4) is 0 Å². The maximum Gasteiger partial charge on any atom is 0.243 e. The van der Waals surface area contributed by atoms with Gasteiger partial charge in [-0.05, 0) is 75.7 Å². The van der Waals surface area contributed by atoms with Crippen molar-refractivity contribution in [2.45, 2.75) is 134 Å². The number of carbonyl (C=O) groups excluding carboxylic acids is 6. The first-order valence-corrected chi connectivity index (χ1v) is 23.1. The summed E-state index contributed by atoms with van der Waals surface area (Å²) in [6, 6.07) is 1.13. The Kier molecular flexibility index (Phi) is 29.2. The smallest absolute Gasteiger partial charge is 0.243 e. The molecule has 0 unspecified atom stereocenters. The fraction of sp³-hybridized carbons (Fsp3) is 0.628. The van der Waals surface area contributed by atoms with Crippen LogP contribution in [0.4, 0.5) is 0 Å². The number of aliphatic imine (C=N–C) groups is 4. The van der Waals surface area contributed by atoms with E-state index in [9.17, 15) is 33.9 Å². The van der Waals surface area contributed by atoms with Crippen LogP contribution in [-0.4, -0.2) is 139 Å². The zero-order chi connectivity index (χ0) is 51.9. The number of hydrogen-bond acceptors (Lipinski definition) is 12. The molecule has 0 aliphatic heterocycles. The van der Waals surface area contributed by atoms with E-state index in [1.165, 1.54) is 0 Å². The second-order valence-electron chi connectivity index (χ2n) is 16.8. The lowest BCUT2D eigenvalue weighted by atomic mass is 10.0. The molecule has 1 rings (SSSR count). The van der Waals surface area contributed by atoms with Crippen molar-refractivity contribution in [3.05, 3.63) is 35.9 Å². The summed E-state index contributed by atoms with van der Waals surface area (Å²) in [5.41, 5.74) is 51.0. The molecule has 1 aromatic rings. The molecule has 26 heteroatoms. The van der Waals surface area contributed by atoms with Crippen LogP contribution in [0.2, 0.25) is 0 Å². The van der Waals surface area contributed by atoms with E-state index in [0.29, 0.717) is 12.8 Å². The Labute approximate surface area is 404 Å². The van der Waals surface area contributed by atoms with Crippen molar-refractivity contribution in [1.29, 1.82) is 0 Å². The first kappa shape index (κ1) is 60.1. The van der Waals surface area contributed by atoms with E-state index in [0.717, 1.165) is 5.56 Å². The van der Waals surface area contributed by atoms with E-state index >= 15 is 0 Å². The quantitative estimate of drug-likeness (QED) is 0.0175. The molecule has 0 saturated heterocycles. The molecule has 388 valence electrons. The summed E-state index contributed by atoms with van der Waals surface area (Å²) in [6.45, 7) is 5.59. The molecular weight excluding hydrogens is 895 g/mol. The van der Waals surface area contributed by atoms with Crippen LogP contribution in [0.5, 0.6) is 0 Å². The summed E-state index contributed by atoms with van der Waals surface area (Å²) in [5.74, 6) is -4.92. The van der Waals surface area contributed by atoms with E-state index in [2.05, 4.69) is 51.9 Å². The van der Waals surface area contributed by atoms with Crippen LogP contribution in [0.15, 0.2) is 50.3 Å². The van der Waals surface area contributed by atoms with E-state index in [-0.39, 0.29) is 120 Å². The number of aliphatic hydroxyl groups is 1. The van der Waals surface area contributed by atoms with E-state index in [1.807, 2.05) is 13.8 Å². The molecule has 0 aliphatic rings. The summed E-state index contributed by atoms with van der Waals surface area (Å²) in [7, 11) is 0. The molecular formula is C43H79N19O7. The predicted octanol–water partition coefficient (Wildman–Crippen LogP) is -4.87. The van der Waals surface area contributed by atoms with Gasteiger partial charge in [-0.15, -0.1) is 0 Å². The molecule has 6 amide bonds. The number of rotatable bonds is 34. The standard InChI is InChI=1S/C43H79N19O7/c1-4-27(24-63)57-39(69)33(23-26-12-6-5-7-13-26)62-38(68)32(17-11-21-56-43(51)52)61-37(67)31(16-10-20-55-42(49)50)60-36(66)30(15-9-19-54-41(47)48)59-35(65)29(14-8-18-53-40(45)46)58-34(64)28(44)22-25(2)3/h5-7,12-13,25,27-33,63H,4,8-11,14-24,44H2,1-3H3,(H,57,69)(H,58,64)(H,59,65)(H,60,66)(H,61,67)(H,62,68)(H4,45,46,53)(H4,47,48,54)(H4,49,50,55)(H4,51,52,56)/t27-,28+,29+,30+,31+,32+,33+/m1/s1. The number of carbonyl (C=O) groups is 6. The third kappa shape index (κ3) is 26.8. The second kappa shape index (κ2) is 33.5. The lowest BCUT2D eigenvalue weighted by Gasteiger charge is -2.28. The van der Waals surface area contributed by atoms with Gasteiger partial charge in [0.1, 0.15) is 30.2 Å². The lowest BCUT2D eigenvalue weighted by molar-refractivity contribution is -0.135. The van der Waals surface area contributed by atoms with Crippen molar-refractivity contribution in [3.63, 3.8) is 0 Å². The van der Waals surface area contributed by atoms with Crippen LogP contribution < -0.4 is 83.5 Å². The molecule has 0 fully saturated rings. The summed E-state index contributed by atoms with van der Waals surface area (Å²) < 4.78 is 0. The van der Waals surface area contributed by atoms with Gasteiger partial charge < -0.3 is 88.6 Å². The molecule has 0 heterocycles.